The van der Waals surface area contributed by atoms with Crippen LogP contribution in [0.2, 0.25) is 0 Å². The zero-order chi connectivity index (χ0) is 32.7. The Hall–Kier alpha value is -2.91. The normalized spacial score (nSPS) is 21.6. The average molecular weight is 656 g/mol. The van der Waals surface area contributed by atoms with Gasteiger partial charge in [-0.25, -0.2) is 21.1 Å². The van der Waals surface area contributed by atoms with Gasteiger partial charge >= 0.3 is 0 Å². The number of amides is 1. The van der Waals surface area contributed by atoms with Crippen LogP contribution in [0, 0.1) is 5.92 Å². The first-order chi connectivity index (χ1) is 20.7. The highest BCUT2D eigenvalue weighted by Crippen LogP contribution is 2.30. The van der Waals surface area contributed by atoms with Crippen LogP contribution in [0.15, 0.2) is 47.4 Å². The molecule has 0 fully saturated rings. The van der Waals surface area contributed by atoms with Gasteiger partial charge in [0.05, 0.1) is 48.7 Å². The lowest BCUT2D eigenvalue weighted by Gasteiger charge is -2.35. The predicted molar refractivity (Wildman–Crippen MR) is 168 cm³/mol. The van der Waals surface area contributed by atoms with Gasteiger partial charge in [0.15, 0.2) is 0 Å². The van der Waals surface area contributed by atoms with Crippen LogP contribution in [0.4, 0.5) is 5.69 Å². The molecule has 3 rings (SSSR count). The molecule has 14 heteroatoms. The Morgan fingerprint density at radius 1 is 1.11 bits per heavy atom. The van der Waals surface area contributed by atoms with E-state index in [0.29, 0.717) is 24.5 Å². The van der Waals surface area contributed by atoms with Crippen LogP contribution in [-0.4, -0.2) is 102 Å². The molecule has 12 nitrogen and oxygen atoms in total. The lowest BCUT2D eigenvalue weighted by atomic mass is 10.0. The summed E-state index contributed by atoms with van der Waals surface area (Å²) in [6, 6.07) is 9.84. The summed E-state index contributed by atoms with van der Waals surface area (Å²) in [5, 5.41) is 10.1. The number of fused-ring (bicyclic) bond motifs is 1. The number of likely N-dealkylation sites (N-methyl/N-ethyl adjacent to an activating group) is 1. The number of carbonyl (C=O) groups excluding carboxylic acids is 1. The molecule has 0 radical (unpaired) electrons. The second-order valence-corrected chi connectivity index (χ2v) is 15.1. The Kier molecular flexibility index (Phi) is 12.4. The van der Waals surface area contributed by atoms with Gasteiger partial charge in [0, 0.05) is 38.3 Å². The molecule has 2 aromatic carbocycles. The van der Waals surface area contributed by atoms with Crippen LogP contribution < -0.4 is 14.2 Å². The molecule has 4 atom stereocenters. The molecule has 1 heterocycles. The molecule has 1 aliphatic heterocycles. The number of hydrogen-bond donors (Lipinski definition) is 2. The molecule has 0 aliphatic carbocycles. The number of nitrogens with zero attached hydrogens (tertiary/aromatic N) is 2. The molecular weight excluding hydrogens is 610 g/mol. The van der Waals surface area contributed by atoms with Crippen LogP contribution in [-0.2, 0) is 24.8 Å². The summed E-state index contributed by atoms with van der Waals surface area (Å²) in [5.74, 6) is 0.00733. The van der Waals surface area contributed by atoms with Crippen molar-refractivity contribution in [2.24, 2.45) is 5.92 Å². The average Bonchev–Trinajstić information content (AvgIpc) is 2.97. The highest BCUT2D eigenvalue weighted by Gasteiger charge is 2.31. The van der Waals surface area contributed by atoms with Crippen molar-refractivity contribution in [2.75, 3.05) is 51.4 Å². The van der Waals surface area contributed by atoms with Gasteiger partial charge in [-0.2, -0.15) is 0 Å². The van der Waals surface area contributed by atoms with Gasteiger partial charge in [-0.1, -0.05) is 6.92 Å². The molecule has 2 N–H and O–H groups in total. The van der Waals surface area contributed by atoms with Gasteiger partial charge in [0.25, 0.3) is 15.9 Å². The molecule has 0 unspecified atom stereocenters. The molecule has 2 aromatic rings. The van der Waals surface area contributed by atoms with Crippen molar-refractivity contribution in [1.82, 2.24) is 9.21 Å². The molecule has 1 aliphatic rings. The van der Waals surface area contributed by atoms with Crippen molar-refractivity contribution in [3.8, 4) is 11.5 Å². The maximum Gasteiger partial charge on any atom is 0.261 e. The second kappa shape index (κ2) is 15.4. The van der Waals surface area contributed by atoms with Gasteiger partial charge in [-0.3, -0.25) is 9.52 Å². The Labute approximate surface area is 261 Å². The number of carbonyl (C=O) groups is 1. The van der Waals surface area contributed by atoms with Gasteiger partial charge in [-0.05, 0) is 75.6 Å². The summed E-state index contributed by atoms with van der Waals surface area (Å²) in [5.41, 5.74) is 0.285. The standard InChI is InChI=1S/C30H45N3O9S2/c1-21-18-33(22(2)20-34)30(35)27-17-24(31-44(38,39)26-13-11-25(40-5)12-14-26)10-15-28(27)42-23(3)9-7-8-16-41-29(21)19-32(4)43(6,36)37/h10-15,17,21-23,29,31,34H,7-9,16,18-20H2,1-6H3/t21-,22+,23+,29+/m0/s1. The number of benzene rings is 2. The number of hydrogen-bond acceptors (Lipinski definition) is 9. The van der Waals surface area contributed by atoms with Gasteiger partial charge < -0.3 is 24.2 Å². The molecule has 44 heavy (non-hydrogen) atoms. The third-order valence-electron chi connectivity index (χ3n) is 7.68. The van der Waals surface area contributed by atoms with Crippen LogP contribution in [0.1, 0.15) is 50.4 Å². The van der Waals surface area contributed by atoms with Crippen LogP contribution in [0.5, 0.6) is 11.5 Å². The van der Waals surface area contributed by atoms with Crippen LogP contribution in [0.25, 0.3) is 0 Å². The van der Waals surface area contributed by atoms with Gasteiger partial charge in [0.2, 0.25) is 10.0 Å². The fourth-order valence-corrected chi connectivity index (χ4v) is 6.27. The minimum atomic E-state index is -4.00. The smallest absolute Gasteiger partial charge is 0.261 e. The van der Waals surface area contributed by atoms with E-state index in [2.05, 4.69) is 4.72 Å². The molecule has 0 aromatic heterocycles. The number of aliphatic hydroxyl groups is 1. The molecule has 246 valence electrons. The van der Waals surface area contributed by atoms with Crippen molar-refractivity contribution in [2.45, 2.75) is 63.2 Å². The Bertz CT molecular complexity index is 1470. The molecule has 1 amide bonds. The largest absolute Gasteiger partial charge is 0.497 e. The van der Waals surface area contributed by atoms with Gasteiger partial charge in [-0.15, -0.1) is 0 Å². The monoisotopic (exact) mass is 655 g/mol. The first-order valence-corrected chi connectivity index (χ1v) is 17.9. The zero-order valence-corrected chi connectivity index (χ0v) is 27.9. The maximum atomic E-state index is 14.2. The Balaban J connectivity index is 2.02. The highest BCUT2D eigenvalue weighted by molar-refractivity contribution is 7.92. The summed E-state index contributed by atoms with van der Waals surface area (Å²) < 4.78 is 71.9. The number of methoxy groups -OCH3 is 1. The van der Waals surface area contributed by atoms with Crippen molar-refractivity contribution >= 4 is 31.6 Å². The molecule has 0 saturated carbocycles. The minimum Gasteiger partial charge on any atom is -0.497 e. The first kappa shape index (κ1) is 35.6. The van der Waals surface area contributed by atoms with E-state index < -0.39 is 38.1 Å². The topological polar surface area (TPSA) is 152 Å². The van der Waals surface area contributed by atoms with E-state index in [4.69, 9.17) is 14.2 Å². The van der Waals surface area contributed by atoms with Crippen LogP contribution in [0.3, 0.4) is 0 Å². The Morgan fingerprint density at radius 2 is 1.80 bits per heavy atom. The van der Waals surface area contributed by atoms with E-state index in [0.717, 1.165) is 19.1 Å². The first-order valence-electron chi connectivity index (χ1n) is 14.6. The highest BCUT2D eigenvalue weighted by atomic mass is 32.2. The zero-order valence-electron chi connectivity index (χ0n) is 26.2. The summed E-state index contributed by atoms with van der Waals surface area (Å²) in [6.07, 6.45) is 2.53. The summed E-state index contributed by atoms with van der Waals surface area (Å²) in [7, 11) is -4.49. The van der Waals surface area contributed by atoms with Gasteiger partial charge in [0.1, 0.15) is 11.5 Å². The minimum absolute atomic E-state index is 0.0176. The molecular formula is C30H45N3O9S2. The lowest BCUT2D eigenvalue weighted by Crippen LogP contribution is -2.47. The number of aliphatic hydroxyl groups excluding tert-OH is 1. The van der Waals surface area contributed by atoms with E-state index in [1.54, 1.807) is 13.0 Å². The van der Waals surface area contributed by atoms with Crippen molar-refractivity contribution in [3.05, 3.63) is 48.0 Å². The fourth-order valence-electron chi connectivity index (χ4n) is 4.81. The number of anilines is 1. The number of ether oxygens (including phenoxy) is 3. The third-order valence-corrected chi connectivity index (χ3v) is 10.4. The third kappa shape index (κ3) is 9.54. The van der Waals surface area contributed by atoms with Crippen molar-refractivity contribution in [3.63, 3.8) is 0 Å². The molecule has 0 bridgehead atoms. The lowest BCUT2D eigenvalue weighted by molar-refractivity contribution is -0.00828. The summed E-state index contributed by atoms with van der Waals surface area (Å²) in [6.45, 7) is 5.78. The fraction of sp³-hybridized carbons (Fsp3) is 0.567. The molecule has 0 saturated heterocycles. The Morgan fingerprint density at radius 3 is 2.41 bits per heavy atom. The predicted octanol–water partition coefficient (Wildman–Crippen LogP) is 3.18. The van der Waals surface area contributed by atoms with E-state index in [9.17, 15) is 26.7 Å². The van der Waals surface area contributed by atoms with Crippen molar-refractivity contribution < 1.29 is 40.9 Å². The summed E-state index contributed by atoms with van der Waals surface area (Å²) >= 11 is 0. The number of nitrogens with one attached hydrogen (secondary N) is 1. The summed E-state index contributed by atoms with van der Waals surface area (Å²) in [4.78, 5) is 15.7. The second-order valence-electron chi connectivity index (χ2n) is 11.3. The van der Waals surface area contributed by atoms with E-state index >= 15 is 0 Å². The van der Waals surface area contributed by atoms with E-state index in [1.165, 1.54) is 59.8 Å². The van der Waals surface area contributed by atoms with E-state index in [1.807, 2.05) is 13.8 Å². The van der Waals surface area contributed by atoms with E-state index in [-0.39, 0.29) is 47.9 Å². The number of sulfonamides is 2. The quantitative estimate of drug-likeness (QED) is 0.415. The molecule has 0 spiro atoms. The SMILES string of the molecule is COc1ccc(S(=O)(=O)Nc2ccc3c(c2)C(=O)N([C@H](C)CO)C[C@H](C)[C@@H](CN(C)S(C)(=O)=O)OCCCC[C@@H](C)O3)cc1. The maximum absolute atomic E-state index is 14.2. The number of rotatable bonds is 9. The van der Waals surface area contributed by atoms with Crippen LogP contribution >= 0.6 is 0 Å². The van der Waals surface area contributed by atoms with Crippen molar-refractivity contribution in [1.29, 1.82) is 0 Å².